The van der Waals surface area contributed by atoms with E-state index in [0.717, 1.165) is 11.6 Å². The van der Waals surface area contributed by atoms with Crippen LogP contribution in [0.1, 0.15) is 24.1 Å². The van der Waals surface area contributed by atoms with Gasteiger partial charge in [-0.25, -0.2) is 8.78 Å². The molecule has 108 valence electrons. The summed E-state index contributed by atoms with van der Waals surface area (Å²) in [6.45, 7) is 2.63. The third kappa shape index (κ3) is 3.50. The molecule has 1 nitrogen and oxygen atoms in total. The first-order valence-corrected chi connectivity index (χ1v) is 7.71. The van der Waals surface area contributed by atoms with Crippen molar-refractivity contribution in [2.45, 2.75) is 19.4 Å². The Labute approximate surface area is 130 Å². The lowest BCUT2D eigenvalue weighted by Gasteiger charge is -2.18. The molecule has 0 amide bonds. The summed E-state index contributed by atoms with van der Waals surface area (Å²) in [6.07, 6.45) is 0.310. The summed E-state index contributed by atoms with van der Waals surface area (Å²) in [5.74, 6) is -1.65. The molecule has 0 radical (unpaired) electrons. The lowest BCUT2D eigenvalue weighted by Crippen LogP contribution is -2.23. The molecule has 0 bridgehead atoms. The molecule has 0 aliphatic rings. The monoisotopic (exact) mass is 335 g/mol. The van der Waals surface area contributed by atoms with Gasteiger partial charge in [0.15, 0.2) is 11.6 Å². The summed E-state index contributed by atoms with van der Waals surface area (Å²) in [4.78, 5) is 0. The highest BCUT2D eigenvalue weighted by Gasteiger charge is 2.19. The molecule has 1 atom stereocenters. The number of hydrogen-bond acceptors (Lipinski definition) is 2. The van der Waals surface area contributed by atoms with Gasteiger partial charge in [-0.2, -0.15) is 0 Å². The van der Waals surface area contributed by atoms with Crippen molar-refractivity contribution in [1.29, 1.82) is 0 Å². The largest absolute Gasteiger partial charge is 0.310 e. The van der Waals surface area contributed by atoms with Crippen LogP contribution in [-0.4, -0.2) is 6.54 Å². The van der Waals surface area contributed by atoms with Crippen LogP contribution in [0.15, 0.2) is 24.3 Å². The molecule has 0 aliphatic heterocycles. The number of halogens is 4. The van der Waals surface area contributed by atoms with Gasteiger partial charge in [0.2, 0.25) is 0 Å². The highest BCUT2D eigenvalue weighted by atomic mass is 35.5. The fourth-order valence-electron chi connectivity index (χ4n) is 2.06. The summed E-state index contributed by atoms with van der Waals surface area (Å²) in [6, 6.07) is 5.74. The minimum atomic E-state index is -0.841. The maximum absolute atomic E-state index is 13.8. The van der Waals surface area contributed by atoms with Crippen molar-refractivity contribution in [3.05, 3.63) is 55.7 Å². The SMILES string of the molecule is CCNC(Cc1cccc(F)c1F)c1cc(Cl)sc1Cl. The molecule has 0 saturated carbocycles. The minimum absolute atomic E-state index is 0.201. The van der Waals surface area contributed by atoms with Crippen molar-refractivity contribution in [2.24, 2.45) is 0 Å². The molecular formula is C14H13Cl2F2NS. The van der Waals surface area contributed by atoms with Gasteiger partial charge in [-0.05, 0) is 30.7 Å². The van der Waals surface area contributed by atoms with E-state index >= 15 is 0 Å². The van der Waals surface area contributed by atoms with Crippen LogP contribution in [0, 0.1) is 11.6 Å². The molecule has 1 heterocycles. The Morgan fingerprint density at radius 1 is 1.30 bits per heavy atom. The second-order valence-electron chi connectivity index (χ2n) is 4.31. The topological polar surface area (TPSA) is 12.0 Å². The van der Waals surface area contributed by atoms with Crippen molar-refractivity contribution >= 4 is 34.5 Å². The minimum Gasteiger partial charge on any atom is -0.310 e. The van der Waals surface area contributed by atoms with Crippen LogP contribution in [0.25, 0.3) is 0 Å². The number of thiophene rings is 1. The fraction of sp³-hybridized carbons (Fsp3) is 0.286. The Kier molecular flexibility index (Phi) is 5.38. The Balaban J connectivity index is 2.30. The van der Waals surface area contributed by atoms with Crippen LogP contribution < -0.4 is 5.32 Å². The Hall–Kier alpha value is -0.680. The highest BCUT2D eigenvalue weighted by Crippen LogP contribution is 2.36. The predicted molar refractivity (Wildman–Crippen MR) is 80.8 cm³/mol. The zero-order valence-electron chi connectivity index (χ0n) is 10.7. The molecular weight excluding hydrogens is 323 g/mol. The summed E-state index contributed by atoms with van der Waals surface area (Å²) >= 11 is 13.3. The number of nitrogens with one attached hydrogen (secondary N) is 1. The Morgan fingerprint density at radius 3 is 2.65 bits per heavy atom. The van der Waals surface area contributed by atoms with Gasteiger partial charge in [0, 0.05) is 11.6 Å². The molecule has 1 N–H and O–H groups in total. The Bertz CT molecular complexity index is 601. The first kappa shape index (κ1) is 15.7. The molecule has 20 heavy (non-hydrogen) atoms. The van der Waals surface area contributed by atoms with Crippen molar-refractivity contribution in [2.75, 3.05) is 6.54 Å². The average molecular weight is 336 g/mol. The van der Waals surface area contributed by atoms with E-state index < -0.39 is 11.6 Å². The van der Waals surface area contributed by atoms with E-state index in [1.54, 1.807) is 12.1 Å². The second-order valence-corrected chi connectivity index (χ2v) is 6.59. The van der Waals surface area contributed by atoms with Crippen molar-refractivity contribution < 1.29 is 8.78 Å². The molecule has 6 heteroatoms. The average Bonchev–Trinajstić information content (AvgIpc) is 2.73. The third-order valence-electron chi connectivity index (χ3n) is 2.96. The van der Waals surface area contributed by atoms with Gasteiger partial charge >= 0.3 is 0 Å². The van der Waals surface area contributed by atoms with Gasteiger partial charge in [0.05, 0.1) is 8.67 Å². The summed E-state index contributed by atoms with van der Waals surface area (Å²) in [5, 5.41) is 3.22. The summed E-state index contributed by atoms with van der Waals surface area (Å²) in [7, 11) is 0. The number of benzene rings is 1. The van der Waals surface area contributed by atoms with Crippen molar-refractivity contribution in [3.63, 3.8) is 0 Å². The number of likely N-dealkylation sites (N-methyl/N-ethyl adjacent to an activating group) is 1. The van der Waals surface area contributed by atoms with E-state index in [-0.39, 0.29) is 6.04 Å². The van der Waals surface area contributed by atoms with Crippen LogP contribution in [0.3, 0.4) is 0 Å². The zero-order chi connectivity index (χ0) is 14.7. The van der Waals surface area contributed by atoms with Gasteiger partial charge < -0.3 is 5.32 Å². The van der Waals surface area contributed by atoms with Gasteiger partial charge in [0.1, 0.15) is 0 Å². The molecule has 2 aromatic rings. The van der Waals surface area contributed by atoms with Crippen molar-refractivity contribution in [3.8, 4) is 0 Å². The summed E-state index contributed by atoms with van der Waals surface area (Å²) in [5.41, 5.74) is 1.13. The molecule has 1 aromatic carbocycles. The van der Waals surface area contributed by atoms with Gasteiger partial charge in [-0.15, -0.1) is 11.3 Å². The van der Waals surface area contributed by atoms with Crippen LogP contribution in [-0.2, 0) is 6.42 Å². The van der Waals surface area contributed by atoms with Crippen molar-refractivity contribution in [1.82, 2.24) is 5.32 Å². The fourth-order valence-corrected chi connectivity index (χ4v) is 3.63. The van der Waals surface area contributed by atoms with Crippen LogP contribution in [0.4, 0.5) is 8.78 Å². The predicted octanol–water partition coefficient (Wildman–Crippen LogP) is 5.23. The molecule has 0 spiro atoms. The van der Waals surface area contributed by atoms with E-state index in [1.807, 2.05) is 6.92 Å². The normalized spacial score (nSPS) is 12.7. The molecule has 1 aromatic heterocycles. The van der Waals surface area contributed by atoms with Crippen LogP contribution in [0.5, 0.6) is 0 Å². The lowest BCUT2D eigenvalue weighted by atomic mass is 10.0. The van der Waals surface area contributed by atoms with Gasteiger partial charge in [-0.3, -0.25) is 0 Å². The lowest BCUT2D eigenvalue weighted by molar-refractivity contribution is 0.481. The van der Waals surface area contributed by atoms with Gasteiger partial charge in [0.25, 0.3) is 0 Å². The van der Waals surface area contributed by atoms with E-state index in [9.17, 15) is 8.78 Å². The molecule has 0 saturated heterocycles. The molecule has 1 unspecified atom stereocenters. The third-order valence-corrected chi connectivity index (χ3v) is 4.48. The van der Waals surface area contributed by atoms with Gasteiger partial charge in [-0.1, -0.05) is 42.3 Å². The quantitative estimate of drug-likeness (QED) is 0.789. The number of rotatable bonds is 5. The van der Waals surface area contributed by atoms with E-state index in [4.69, 9.17) is 23.2 Å². The molecule has 0 fully saturated rings. The first-order chi connectivity index (χ1) is 9.52. The standard InChI is InChI=1S/C14H13Cl2F2NS/c1-2-19-11(9-7-12(15)20-14(9)16)6-8-4-3-5-10(17)13(8)18/h3-5,7,11,19H,2,6H2,1H3. The molecule has 2 rings (SSSR count). The maximum Gasteiger partial charge on any atom is 0.162 e. The maximum atomic E-state index is 13.8. The van der Waals surface area contributed by atoms with Crippen LogP contribution >= 0.6 is 34.5 Å². The van der Waals surface area contributed by atoms with E-state index in [0.29, 0.717) is 27.2 Å². The van der Waals surface area contributed by atoms with E-state index in [2.05, 4.69) is 5.32 Å². The first-order valence-electron chi connectivity index (χ1n) is 6.14. The molecule has 0 aliphatic carbocycles. The summed E-state index contributed by atoms with van der Waals surface area (Å²) < 4.78 is 28.2. The number of hydrogen-bond donors (Lipinski definition) is 1. The van der Waals surface area contributed by atoms with Crippen LogP contribution in [0.2, 0.25) is 8.67 Å². The Morgan fingerprint density at radius 2 is 2.05 bits per heavy atom. The highest BCUT2D eigenvalue weighted by molar-refractivity contribution is 7.20. The van der Waals surface area contributed by atoms with E-state index in [1.165, 1.54) is 17.4 Å². The smallest absolute Gasteiger partial charge is 0.162 e. The second kappa shape index (κ2) is 6.85. The zero-order valence-corrected chi connectivity index (χ0v) is 13.0.